The standard InChI is InChI=1S/C30H27NO4/c1-22-13-17-24(18-14-22)28(30(33)35-27-11-7-4-8-12-27)31(29(32)25-9-5-3-6-10-25)21-23-15-19-26(34-2)20-16-23/h3-20,28H,21H2,1-2H3. The Labute approximate surface area is 205 Å². The van der Waals surface area contributed by atoms with Crippen molar-refractivity contribution in [2.75, 3.05) is 7.11 Å². The van der Waals surface area contributed by atoms with Crippen LogP contribution in [0.1, 0.15) is 33.1 Å². The van der Waals surface area contributed by atoms with Crippen LogP contribution in [0.4, 0.5) is 0 Å². The molecule has 0 saturated carbocycles. The largest absolute Gasteiger partial charge is 0.497 e. The zero-order chi connectivity index (χ0) is 24.6. The summed E-state index contributed by atoms with van der Waals surface area (Å²) in [4.78, 5) is 29.0. The fourth-order valence-corrected chi connectivity index (χ4v) is 3.81. The quantitative estimate of drug-likeness (QED) is 0.237. The van der Waals surface area contributed by atoms with Crippen molar-refractivity contribution >= 4 is 11.9 Å². The molecule has 0 fully saturated rings. The topological polar surface area (TPSA) is 55.8 Å². The first kappa shape index (κ1) is 23.8. The van der Waals surface area contributed by atoms with Crippen molar-refractivity contribution in [3.63, 3.8) is 0 Å². The molecule has 1 atom stereocenters. The summed E-state index contributed by atoms with van der Waals surface area (Å²) in [7, 11) is 1.60. The molecule has 35 heavy (non-hydrogen) atoms. The number of esters is 1. The Balaban J connectivity index is 1.77. The van der Waals surface area contributed by atoms with Gasteiger partial charge in [0, 0.05) is 12.1 Å². The number of hydrogen-bond donors (Lipinski definition) is 0. The van der Waals surface area contributed by atoms with Crippen molar-refractivity contribution < 1.29 is 19.1 Å². The second kappa shape index (κ2) is 11.2. The van der Waals surface area contributed by atoms with E-state index in [4.69, 9.17) is 9.47 Å². The molecule has 0 aliphatic heterocycles. The number of carbonyl (C=O) groups excluding carboxylic acids is 2. The van der Waals surface area contributed by atoms with E-state index in [1.54, 1.807) is 48.4 Å². The van der Waals surface area contributed by atoms with Gasteiger partial charge in [-0.1, -0.05) is 78.4 Å². The van der Waals surface area contributed by atoms with Crippen molar-refractivity contribution in [2.45, 2.75) is 19.5 Å². The molecule has 0 aliphatic rings. The zero-order valence-electron chi connectivity index (χ0n) is 19.8. The maximum atomic E-state index is 13.8. The lowest BCUT2D eigenvalue weighted by atomic mass is 10.0. The highest BCUT2D eigenvalue weighted by atomic mass is 16.5. The lowest BCUT2D eigenvalue weighted by Gasteiger charge is -2.31. The Hall–Kier alpha value is -4.38. The van der Waals surface area contributed by atoms with Crippen LogP contribution in [0.15, 0.2) is 109 Å². The van der Waals surface area contributed by atoms with Crippen LogP contribution in [-0.4, -0.2) is 23.9 Å². The third-order valence-electron chi connectivity index (χ3n) is 5.68. The highest BCUT2D eigenvalue weighted by molar-refractivity contribution is 5.97. The van der Waals surface area contributed by atoms with Crippen molar-refractivity contribution in [2.24, 2.45) is 0 Å². The van der Waals surface area contributed by atoms with Gasteiger partial charge in [-0.3, -0.25) is 4.79 Å². The smallest absolute Gasteiger partial charge is 0.338 e. The van der Waals surface area contributed by atoms with Crippen LogP contribution in [0.5, 0.6) is 11.5 Å². The van der Waals surface area contributed by atoms with Crippen LogP contribution in [0.3, 0.4) is 0 Å². The predicted octanol–water partition coefficient (Wildman–Crippen LogP) is 5.99. The number of rotatable bonds is 8. The molecule has 0 radical (unpaired) electrons. The van der Waals surface area contributed by atoms with Crippen LogP contribution in [0.2, 0.25) is 0 Å². The molecule has 1 amide bonds. The van der Waals surface area contributed by atoms with E-state index in [0.717, 1.165) is 11.1 Å². The molecule has 5 nitrogen and oxygen atoms in total. The molecule has 176 valence electrons. The van der Waals surface area contributed by atoms with E-state index < -0.39 is 12.0 Å². The lowest BCUT2D eigenvalue weighted by Crippen LogP contribution is -2.40. The number of hydrogen-bond acceptors (Lipinski definition) is 4. The highest BCUT2D eigenvalue weighted by Gasteiger charge is 2.34. The first-order valence-electron chi connectivity index (χ1n) is 11.4. The van der Waals surface area contributed by atoms with Gasteiger partial charge in [0.05, 0.1) is 7.11 Å². The Morgan fingerprint density at radius 2 is 1.34 bits per heavy atom. The van der Waals surface area contributed by atoms with E-state index in [0.29, 0.717) is 22.6 Å². The summed E-state index contributed by atoms with van der Waals surface area (Å²) in [5.41, 5.74) is 3.08. The van der Waals surface area contributed by atoms with Gasteiger partial charge in [-0.05, 0) is 54.4 Å². The van der Waals surface area contributed by atoms with Gasteiger partial charge in [-0.15, -0.1) is 0 Å². The molecule has 0 aromatic heterocycles. The summed E-state index contributed by atoms with van der Waals surface area (Å²) < 4.78 is 11.0. The first-order chi connectivity index (χ1) is 17.0. The van der Waals surface area contributed by atoms with Gasteiger partial charge >= 0.3 is 5.97 Å². The fourth-order valence-electron chi connectivity index (χ4n) is 3.81. The van der Waals surface area contributed by atoms with E-state index in [2.05, 4.69) is 0 Å². The minimum absolute atomic E-state index is 0.208. The van der Waals surface area contributed by atoms with Crippen LogP contribution in [0, 0.1) is 6.92 Å². The number of amides is 1. The third kappa shape index (κ3) is 5.95. The minimum Gasteiger partial charge on any atom is -0.497 e. The van der Waals surface area contributed by atoms with Gasteiger partial charge in [0.2, 0.25) is 0 Å². The molecule has 0 spiro atoms. The van der Waals surface area contributed by atoms with Crippen LogP contribution in [0.25, 0.3) is 0 Å². The van der Waals surface area contributed by atoms with Gasteiger partial charge in [0.1, 0.15) is 11.5 Å². The van der Waals surface area contributed by atoms with Crippen LogP contribution >= 0.6 is 0 Å². The number of nitrogens with zero attached hydrogens (tertiary/aromatic N) is 1. The summed E-state index contributed by atoms with van der Waals surface area (Å²) in [6.07, 6.45) is 0. The second-order valence-electron chi connectivity index (χ2n) is 8.19. The minimum atomic E-state index is -0.953. The van der Waals surface area contributed by atoms with Gasteiger partial charge < -0.3 is 14.4 Å². The predicted molar refractivity (Wildman–Crippen MR) is 135 cm³/mol. The lowest BCUT2D eigenvalue weighted by molar-refractivity contribution is -0.140. The molecule has 0 aliphatic carbocycles. The van der Waals surface area contributed by atoms with Crippen LogP contribution in [-0.2, 0) is 11.3 Å². The molecular formula is C30H27NO4. The zero-order valence-corrected chi connectivity index (χ0v) is 19.8. The SMILES string of the molecule is COc1ccc(CN(C(=O)c2ccccc2)C(C(=O)Oc2ccccc2)c2ccc(C)cc2)cc1. The Kier molecular flexibility index (Phi) is 7.58. The number of aryl methyl sites for hydroxylation is 1. The molecule has 0 saturated heterocycles. The van der Waals surface area contributed by atoms with Crippen molar-refractivity contribution in [3.05, 3.63) is 131 Å². The van der Waals surface area contributed by atoms with Gasteiger partial charge in [0.15, 0.2) is 6.04 Å². The molecule has 0 heterocycles. The molecule has 4 rings (SSSR count). The van der Waals surface area contributed by atoms with Crippen molar-refractivity contribution in [1.29, 1.82) is 0 Å². The maximum Gasteiger partial charge on any atom is 0.338 e. The summed E-state index contributed by atoms with van der Waals surface area (Å²) in [5.74, 6) is 0.342. The third-order valence-corrected chi connectivity index (χ3v) is 5.68. The Bertz CT molecular complexity index is 1250. The van der Waals surface area contributed by atoms with Crippen molar-refractivity contribution in [1.82, 2.24) is 4.90 Å². The summed E-state index contributed by atoms with van der Waals surface area (Å²) in [6, 6.07) is 31.9. The van der Waals surface area contributed by atoms with E-state index in [-0.39, 0.29) is 12.5 Å². The molecule has 1 unspecified atom stereocenters. The van der Waals surface area contributed by atoms with Crippen molar-refractivity contribution in [3.8, 4) is 11.5 Å². The van der Waals surface area contributed by atoms with E-state index in [9.17, 15) is 9.59 Å². The molecular weight excluding hydrogens is 438 g/mol. The van der Waals surface area contributed by atoms with Gasteiger partial charge in [0.25, 0.3) is 5.91 Å². The average molecular weight is 466 g/mol. The summed E-state index contributed by atoms with van der Waals surface area (Å²) in [6.45, 7) is 2.19. The van der Waals surface area contributed by atoms with E-state index >= 15 is 0 Å². The number of ether oxygens (including phenoxy) is 2. The average Bonchev–Trinajstić information content (AvgIpc) is 2.90. The number of benzene rings is 4. The first-order valence-corrected chi connectivity index (χ1v) is 11.4. The monoisotopic (exact) mass is 465 g/mol. The number of carbonyl (C=O) groups is 2. The van der Waals surface area contributed by atoms with Crippen LogP contribution < -0.4 is 9.47 Å². The van der Waals surface area contributed by atoms with E-state index in [1.165, 1.54) is 0 Å². The molecule has 4 aromatic rings. The summed E-state index contributed by atoms with van der Waals surface area (Å²) in [5, 5.41) is 0. The Morgan fingerprint density at radius 3 is 1.94 bits per heavy atom. The fraction of sp³-hybridized carbons (Fsp3) is 0.133. The van der Waals surface area contributed by atoms with Gasteiger partial charge in [-0.25, -0.2) is 4.79 Å². The van der Waals surface area contributed by atoms with E-state index in [1.807, 2.05) is 79.7 Å². The number of methoxy groups -OCH3 is 1. The number of para-hydroxylation sites is 1. The maximum absolute atomic E-state index is 13.8. The molecule has 4 aromatic carbocycles. The Morgan fingerprint density at radius 1 is 0.743 bits per heavy atom. The summed E-state index contributed by atoms with van der Waals surface area (Å²) >= 11 is 0. The molecule has 0 bridgehead atoms. The highest BCUT2D eigenvalue weighted by Crippen LogP contribution is 2.28. The molecule has 5 heteroatoms. The second-order valence-corrected chi connectivity index (χ2v) is 8.19. The van der Waals surface area contributed by atoms with Gasteiger partial charge in [-0.2, -0.15) is 0 Å². The normalized spacial score (nSPS) is 11.4. The molecule has 0 N–H and O–H groups in total.